The first-order valence-corrected chi connectivity index (χ1v) is 10.3. The number of rotatable bonds is 4. The molecule has 0 radical (unpaired) electrons. The summed E-state index contributed by atoms with van der Waals surface area (Å²) in [6.45, 7) is 3.31. The first-order valence-electron chi connectivity index (χ1n) is 10.3. The van der Waals surface area contributed by atoms with Gasteiger partial charge in [-0.1, -0.05) is 0 Å². The molecule has 0 unspecified atom stereocenters. The van der Waals surface area contributed by atoms with E-state index < -0.39 is 24.9 Å². The molecule has 0 saturated carbocycles. The number of piperazine rings is 1. The molecular weight excluding hydrogens is 404 g/mol. The molecule has 1 aromatic heterocycles. The predicted octanol–water partition coefficient (Wildman–Crippen LogP) is 1.08. The SMILES string of the molecule is CN1CCN(CC(=O)N[C@H]2CN(c3ccc(C#N)c4nccnc34)CC(F)(F)C2)CC1. The molecule has 0 spiro atoms. The molecule has 2 saturated heterocycles. The number of anilines is 1. The molecule has 1 amide bonds. The van der Waals surface area contributed by atoms with Gasteiger partial charge in [0.15, 0.2) is 0 Å². The van der Waals surface area contributed by atoms with Crippen LogP contribution in [0.15, 0.2) is 24.5 Å². The molecular formula is C21H25F2N7O. The van der Waals surface area contributed by atoms with E-state index in [1.165, 1.54) is 17.3 Å². The van der Waals surface area contributed by atoms with Crippen molar-refractivity contribution in [2.45, 2.75) is 18.4 Å². The van der Waals surface area contributed by atoms with Crippen molar-refractivity contribution in [2.75, 3.05) is 57.8 Å². The van der Waals surface area contributed by atoms with E-state index in [4.69, 9.17) is 0 Å². The highest BCUT2D eigenvalue weighted by atomic mass is 19.3. The maximum Gasteiger partial charge on any atom is 0.267 e. The van der Waals surface area contributed by atoms with E-state index in [2.05, 4.69) is 26.3 Å². The molecule has 3 heterocycles. The fraction of sp³-hybridized carbons (Fsp3) is 0.524. The number of amides is 1. The first-order chi connectivity index (χ1) is 14.8. The summed E-state index contributed by atoms with van der Waals surface area (Å²) in [5.41, 5.74) is 1.61. The number of benzene rings is 1. The Hall–Kier alpha value is -2.90. The molecule has 8 nitrogen and oxygen atoms in total. The summed E-state index contributed by atoms with van der Waals surface area (Å²) in [7, 11) is 2.04. The minimum Gasteiger partial charge on any atom is -0.362 e. The van der Waals surface area contributed by atoms with Gasteiger partial charge in [0.05, 0.1) is 30.4 Å². The lowest BCUT2D eigenvalue weighted by molar-refractivity contribution is -0.124. The Kier molecular flexibility index (Phi) is 5.98. The molecule has 31 heavy (non-hydrogen) atoms. The van der Waals surface area contributed by atoms with Gasteiger partial charge in [-0.05, 0) is 19.2 Å². The van der Waals surface area contributed by atoms with Gasteiger partial charge in [-0.25, -0.2) is 8.78 Å². The Labute approximate surface area is 179 Å². The maximum atomic E-state index is 14.6. The molecule has 164 valence electrons. The lowest BCUT2D eigenvalue weighted by Gasteiger charge is -2.39. The number of aromatic nitrogens is 2. The van der Waals surface area contributed by atoms with Gasteiger partial charge >= 0.3 is 0 Å². The van der Waals surface area contributed by atoms with E-state index in [9.17, 15) is 18.8 Å². The number of nitriles is 1. The summed E-state index contributed by atoms with van der Waals surface area (Å²) < 4.78 is 29.2. The summed E-state index contributed by atoms with van der Waals surface area (Å²) in [5.74, 6) is -3.20. The van der Waals surface area contributed by atoms with Crippen LogP contribution in [0, 0.1) is 11.3 Å². The summed E-state index contributed by atoms with van der Waals surface area (Å²) in [4.78, 5) is 26.8. The highest BCUT2D eigenvalue weighted by Gasteiger charge is 2.41. The minimum atomic E-state index is -2.97. The molecule has 2 fully saturated rings. The number of hydrogen-bond acceptors (Lipinski definition) is 7. The van der Waals surface area contributed by atoms with Crippen molar-refractivity contribution in [2.24, 2.45) is 0 Å². The highest BCUT2D eigenvalue weighted by molar-refractivity contribution is 5.92. The topological polar surface area (TPSA) is 88.4 Å². The van der Waals surface area contributed by atoms with Gasteiger partial charge in [0.2, 0.25) is 5.91 Å². The lowest BCUT2D eigenvalue weighted by atomic mass is 10.0. The molecule has 0 bridgehead atoms. The fourth-order valence-corrected chi connectivity index (χ4v) is 4.25. The Morgan fingerprint density at radius 1 is 1.23 bits per heavy atom. The zero-order valence-electron chi connectivity index (χ0n) is 17.4. The average molecular weight is 429 g/mol. The van der Waals surface area contributed by atoms with E-state index in [0.29, 0.717) is 22.3 Å². The van der Waals surface area contributed by atoms with Crippen molar-refractivity contribution < 1.29 is 13.6 Å². The Balaban J connectivity index is 1.50. The summed E-state index contributed by atoms with van der Waals surface area (Å²) in [6.07, 6.45) is 2.54. The van der Waals surface area contributed by atoms with E-state index in [1.54, 1.807) is 12.1 Å². The molecule has 1 aromatic carbocycles. The van der Waals surface area contributed by atoms with Crippen LogP contribution in [0.5, 0.6) is 0 Å². The van der Waals surface area contributed by atoms with E-state index >= 15 is 0 Å². The Morgan fingerprint density at radius 2 is 1.94 bits per heavy atom. The van der Waals surface area contributed by atoms with E-state index in [-0.39, 0.29) is 19.0 Å². The number of halogens is 2. The van der Waals surface area contributed by atoms with Crippen molar-refractivity contribution in [3.05, 3.63) is 30.1 Å². The third kappa shape index (κ3) is 4.89. The second-order valence-corrected chi connectivity index (χ2v) is 8.28. The number of carbonyl (C=O) groups is 1. The lowest BCUT2D eigenvalue weighted by Crippen LogP contribution is -2.57. The highest BCUT2D eigenvalue weighted by Crippen LogP contribution is 2.33. The normalized spacial score (nSPS) is 22.3. The monoisotopic (exact) mass is 429 g/mol. The van der Waals surface area contributed by atoms with E-state index in [0.717, 1.165) is 26.2 Å². The zero-order chi connectivity index (χ0) is 22.0. The molecule has 2 aliphatic rings. The van der Waals surface area contributed by atoms with Gasteiger partial charge in [0.1, 0.15) is 17.1 Å². The van der Waals surface area contributed by atoms with Gasteiger partial charge in [-0.3, -0.25) is 19.7 Å². The standard InChI is InChI=1S/C21H25F2N7O/c1-28-6-8-29(9-7-28)13-18(31)27-16-10-21(22,23)14-30(12-16)17-3-2-15(11-24)19-20(17)26-5-4-25-19/h2-5,16H,6-10,12-14H2,1H3,(H,27,31)/t16-/m1/s1. The zero-order valence-corrected chi connectivity index (χ0v) is 17.4. The smallest absolute Gasteiger partial charge is 0.267 e. The molecule has 2 aliphatic heterocycles. The van der Waals surface area contributed by atoms with Crippen molar-refractivity contribution in [3.8, 4) is 6.07 Å². The first kappa shape index (κ1) is 21.3. The number of nitrogens with zero attached hydrogens (tertiary/aromatic N) is 6. The van der Waals surface area contributed by atoms with Crippen LogP contribution in [0.4, 0.5) is 14.5 Å². The number of fused-ring (bicyclic) bond motifs is 1. The van der Waals surface area contributed by atoms with Crippen LogP contribution in [0.2, 0.25) is 0 Å². The van der Waals surface area contributed by atoms with Crippen molar-refractivity contribution in [1.82, 2.24) is 25.1 Å². The van der Waals surface area contributed by atoms with Crippen LogP contribution in [-0.2, 0) is 4.79 Å². The van der Waals surface area contributed by atoms with Crippen LogP contribution in [-0.4, -0.2) is 90.5 Å². The molecule has 1 N–H and O–H groups in total. The third-order valence-corrected chi connectivity index (χ3v) is 5.80. The molecule has 0 aliphatic carbocycles. The molecule has 4 rings (SSSR count). The quantitative estimate of drug-likeness (QED) is 0.778. The van der Waals surface area contributed by atoms with Gasteiger partial charge < -0.3 is 15.1 Å². The third-order valence-electron chi connectivity index (χ3n) is 5.80. The number of nitrogens with one attached hydrogen (secondary N) is 1. The second-order valence-electron chi connectivity index (χ2n) is 8.28. The number of carbonyl (C=O) groups excluding carboxylic acids is 1. The van der Waals surface area contributed by atoms with Gasteiger partial charge in [-0.2, -0.15) is 5.26 Å². The fourth-order valence-electron chi connectivity index (χ4n) is 4.25. The van der Waals surface area contributed by atoms with Gasteiger partial charge in [-0.15, -0.1) is 0 Å². The number of likely N-dealkylation sites (N-methyl/N-ethyl adjacent to an activating group) is 1. The summed E-state index contributed by atoms with van der Waals surface area (Å²) in [5, 5.41) is 12.1. The molecule has 10 heteroatoms. The van der Waals surface area contributed by atoms with Crippen molar-refractivity contribution >= 4 is 22.6 Å². The number of alkyl halides is 2. The van der Waals surface area contributed by atoms with Crippen LogP contribution >= 0.6 is 0 Å². The average Bonchev–Trinajstić information content (AvgIpc) is 2.73. The largest absolute Gasteiger partial charge is 0.362 e. The summed E-state index contributed by atoms with van der Waals surface area (Å²) >= 11 is 0. The molecule has 2 aromatic rings. The molecule has 1 atom stereocenters. The van der Waals surface area contributed by atoms with E-state index in [1.807, 2.05) is 11.9 Å². The Bertz CT molecular complexity index is 1000. The van der Waals surface area contributed by atoms with Crippen molar-refractivity contribution in [3.63, 3.8) is 0 Å². The maximum absolute atomic E-state index is 14.6. The van der Waals surface area contributed by atoms with Crippen LogP contribution in [0.1, 0.15) is 12.0 Å². The van der Waals surface area contributed by atoms with Crippen LogP contribution in [0.3, 0.4) is 0 Å². The number of piperidine rings is 1. The second kappa shape index (κ2) is 8.69. The van der Waals surface area contributed by atoms with Crippen LogP contribution < -0.4 is 10.2 Å². The van der Waals surface area contributed by atoms with Crippen LogP contribution in [0.25, 0.3) is 11.0 Å². The predicted molar refractivity (Wildman–Crippen MR) is 112 cm³/mol. The van der Waals surface area contributed by atoms with Gasteiger partial charge in [0, 0.05) is 51.5 Å². The minimum absolute atomic E-state index is 0.210. The Morgan fingerprint density at radius 3 is 2.65 bits per heavy atom. The van der Waals surface area contributed by atoms with Gasteiger partial charge in [0.25, 0.3) is 5.92 Å². The number of hydrogen-bond donors (Lipinski definition) is 1. The summed E-state index contributed by atoms with van der Waals surface area (Å²) in [6, 6.07) is 4.56. The van der Waals surface area contributed by atoms with Crippen molar-refractivity contribution in [1.29, 1.82) is 5.26 Å².